The number of β-lactam (4-membered cyclic amide) rings is 1. The van der Waals surface area contributed by atoms with Crippen LogP contribution in [0.2, 0.25) is 0 Å². The van der Waals surface area contributed by atoms with Gasteiger partial charge in [-0.2, -0.15) is 0 Å². The number of fused-ring (bicyclic) bond motifs is 1. The number of alkyl halides is 1. The maximum Gasteiger partial charge on any atom is 0.353 e. The molecule has 2 heterocycles. The van der Waals surface area contributed by atoms with Crippen molar-refractivity contribution in [1.82, 2.24) is 4.90 Å². The van der Waals surface area contributed by atoms with Crippen molar-refractivity contribution in [1.29, 1.82) is 0 Å². The number of hydrogen-bond acceptors (Lipinski definition) is 3. The Bertz CT molecular complexity index is 303. The molecule has 0 radical (unpaired) electrons. The topological polar surface area (TPSA) is 57.6 Å². The quantitative estimate of drug-likeness (QED) is 0.499. The lowest BCUT2D eigenvalue weighted by Crippen LogP contribution is -2.58. The van der Waals surface area contributed by atoms with Crippen LogP contribution in [0.5, 0.6) is 0 Å². The van der Waals surface area contributed by atoms with Crippen LogP contribution in [0.15, 0.2) is 11.1 Å². The molecule has 0 spiro atoms. The summed E-state index contributed by atoms with van der Waals surface area (Å²) in [7, 11) is 0. The fourth-order valence-corrected chi connectivity index (χ4v) is 2.63. The van der Waals surface area contributed by atoms with Gasteiger partial charge in [-0.05, 0) is 0 Å². The first-order valence-electron chi connectivity index (χ1n) is 3.19. The molecule has 2 aliphatic rings. The van der Waals surface area contributed by atoms with Gasteiger partial charge in [0.15, 0.2) is 0 Å². The molecule has 0 aromatic carbocycles. The van der Waals surface area contributed by atoms with Crippen LogP contribution < -0.4 is 0 Å². The lowest BCUT2D eigenvalue weighted by atomic mass is 10.2. The lowest BCUT2D eigenvalue weighted by Gasteiger charge is -2.38. The summed E-state index contributed by atoms with van der Waals surface area (Å²) in [5.41, 5.74) is 0.0342. The highest BCUT2D eigenvalue weighted by atomic mass is 35.5. The van der Waals surface area contributed by atoms with E-state index in [2.05, 4.69) is 0 Å². The largest absolute Gasteiger partial charge is 0.477 e. The highest BCUT2D eigenvalue weighted by molar-refractivity contribution is 8.03. The van der Waals surface area contributed by atoms with Crippen molar-refractivity contribution in [2.75, 3.05) is 0 Å². The van der Waals surface area contributed by atoms with Gasteiger partial charge in [-0.1, -0.05) is 0 Å². The molecule has 1 saturated heterocycles. The molecule has 6 heteroatoms. The molecule has 0 bridgehead atoms. The molecule has 0 aliphatic carbocycles. The predicted molar refractivity (Wildman–Crippen MR) is 43.6 cm³/mol. The molecule has 1 amide bonds. The molecule has 0 saturated carbocycles. The fourth-order valence-electron chi connectivity index (χ4n) is 1.16. The number of carbonyl (C=O) groups is 2. The molecule has 64 valence electrons. The van der Waals surface area contributed by atoms with Crippen LogP contribution in [0.4, 0.5) is 0 Å². The number of rotatable bonds is 1. The van der Waals surface area contributed by atoms with Crippen LogP contribution >= 0.6 is 23.4 Å². The van der Waals surface area contributed by atoms with E-state index in [9.17, 15) is 9.59 Å². The lowest BCUT2D eigenvalue weighted by molar-refractivity contribution is -0.144. The standard InChI is InChI=1S/C6H4ClNO3S/c7-3-4(9)8-2(6(10)11)1-12-5(3)8/h1,3,5H,(H,10,11). The van der Waals surface area contributed by atoms with Crippen molar-refractivity contribution < 1.29 is 14.7 Å². The first kappa shape index (κ1) is 7.94. The van der Waals surface area contributed by atoms with Crippen molar-refractivity contribution in [3.8, 4) is 0 Å². The van der Waals surface area contributed by atoms with Crippen molar-refractivity contribution >= 4 is 35.2 Å². The van der Waals surface area contributed by atoms with E-state index in [0.29, 0.717) is 0 Å². The number of amides is 1. The van der Waals surface area contributed by atoms with Gasteiger partial charge in [0.1, 0.15) is 16.4 Å². The van der Waals surface area contributed by atoms with Gasteiger partial charge in [0.25, 0.3) is 0 Å². The number of nitrogens with zero attached hydrogens (tertiary/aromatic N) is 1. The van der Waals surface area contributed by atoms with Crippen LogP contribution in [0.3, 0.4) is 0 Å². The smallest absolute Gasteiger partial charge is 0.353 e. The normalized spacial score (nSPS) is 32.6. The third-order valence-corrected chi connectivity index (χ3v) is 3.47. The summed E-state index contributed by atoms with van der Waals surface area (Å²) in [6.45, 7) is 0. The Morgan fingerprint density at radius 1 is 1.75 bits per heavy atom. The van der Waals surface area contributed by atoms with Crippen LogP contribution in [0.25, 0.3) is 0 Å². The molecule has 2 unspecified atom stereocenters. The second-order valence-electron chi connectivity index (χ2n) is 2.44. The van der Waals surface area contributed by atoms with E-state index in [4.69, 9.17) is 16.7 Å². The average molecular weight is 206 g/mol. The first-order chi connectivity index (χ1) is 5.63. The Hall–Kier alpha value is -0.680. The molecular formula is C6H4ClNO3S. The van der Waals surface area contributed by atoms with Crippen molar-refractivity contribution in [2.24, 2.45) is 0 Å². The molecule has 1 fully saturated rings. The highest BCUT2D eigenvalue weighted by Crippen LogP contribution is 2.43. The van der Waals surface area contributed by atoms with E-state index in [-0.39, 0.29) is 17.0 Å². The van der Waals surface area contributed by atoms with Crippen LogP contribution in [0, 0.1) is 0 Å². The Labute approximate surface area is 77.2 Å². The molecule has 0 aromatic heterocycles. The predicted octanol–water partition coefficient (Wildman–Crippen LogP) is 0.435. The van der Waals surface area contributed by atoms with Gasteiger partial charge >= 0.3 is 5.97 Å². The van der Waals surface area contributed by atoms with E-state index in [1.807, 2.05) is 0 Å². The molecule has 4 nitrogen and oxygen atoms in total. The monoisotopic (exact) mass is 205 g/mol. The SMILES string of the molecule is O=C(O)C1=CSC2C(Cl)C(=O)N12. The summed E-state index contributed by atoms with van der Waals surface area (Å²) in [5, 5.41) is 9.30. The number of carboxylic acid groups (broad SMARTS) is 1. The van der Waals surface area contributed by atoms with E-state index < -0.39 is 11.3 Å². The van der Waals surface area contributed by atoms with Gasteiger partial charge in [-0.3, -0.25) is 9.69 Å². The number of aliphatic carboxylic acids is 1. The first-order valence-corrected chi connectivity index (χ1v) is 4.57. The molecular weight excluding hydrogens is 202 g/mol. The van der Waals surface area contributed by atoms with Crippen LogP contribution in [-0.2, 0) is 9.59 Å². The van der Waals surface area contributed by atoms with Crippen molar-refractivity contribution in [3.63, 3.8) is 0 Å². The Balaban J connectivity index is 2.23. The number of carbonyl (C=O) groups excluding carboxylic acids is 1. The zero-order valence-electron chi connectivity index (χ0n) is 5.73. The van der Waals surface area contributed by atoms with Gasteiger partial charge in [0.05, 0.1) is 0 Å². The van der Waals surface area contributed by atoms with Gasteiger partial charge in [-0.25, -0.2) is 4.79 Å². The van der Waals surface area contributed by atoms with Crippen LogP contribution in [0.1, 0.15) is 0 Å². The zero-order chi connectivity index (χ0) is 8.88. The minimum Gasteiger partial charge on any atom is -0.477 e. The molecule has 2 atom stereocenters. The fraction of sp³-hybridized carbons (Fsp3) is 0.333. The maximum atomic E-state index is 11.0. The van der Waals surface area contributed by atoms with Gasteiger partial charge in [-0.15, -0.1) is 23.4 Å². The summed E-state index contributed by atoms with van der Waals surface area (Å²) in [6.07, 6.45) is 0. The summed E-state index contributed by atoms with van der Waals surface area (Å²) in [5.74, 6) is -1.40. The molecule has 2 aliphatic heterocycles. The summed E-state index contributed by atoms with van der Waals surface area (Å²) < 4.78 is 0. The summed E-state index contributed by atoms with van der Waals surface area (Å²) >= 11 is 6.90. The maximum absolute atomic E-state index is 11.0. The summed E-state index contributed by atoms with van der Waals surface area (Å²) in [6, 6.07) is 0. The third kappa shape index (κ3) is 0.804. The van der Waals surface area contributed by atoms with E-state index in [1.165, 1.54) is 22.1 Å². The number of carboxylic acids is 1. The highest BCUT2D eigenvalue weighted by Gasteiger charge is 2.52. The molecule has 12 heavy (non-hydrogen) atoms. The molecule has 1 N–H and O–H groups in total. The Kier molecular flexibility index (Phi) is 1.59. The van der Waals surface area contributed by atoms with Gasteiger partial charge in [0, 0.05) is 5.41 Å². The number of halogens is 1. The zero-order valence-corrected chi connectivity index (χ0v) is 7.30. The van der Waals surface area contributed by atoms with E-state index in [0.717, 1.165) is 0 Å². The average Bonchev–Trinajstić information content (AvgIpc) is 2.43. The number of thioether (sulfide) groups is 1. The second-order valence-corrected chi connectivity index (χ2v) is 3.91. The van der Waals surface area contributed by atoms with E-state index >= 15 is 0 Å². The second kappa shape index (κ2) is 2.40. The Morgan fingerprint density at radius 2 is 2.42 bits per heavy atom. The van der Waals surface area contributed by atoms with Gasteiger partial charge < -0.3 is 5.11 Å². The molecule has 2 rings (SSSR count). The minimum absolute atomic E-state index is 0.0342. The van der Waals surface area contributed by atoms with Crippen molar-refractivity contribution in [2.45, 2.75) is 10.8 Å². The van der Waals surface area contributed by atoms with Crippen molar-refractivity contribution in [3.05, 3.63) is 11.1 Å². The summed E-state index contributed by atoms with van der Waals surface area (Å²) in [4.78, 5) is 22.8. The third-order valence-electron chi connectivity index (χ3n) is 1.78. The molecule has 0 aromatic rings. The Morgan fingerprint density at radius 3 is 3.00 bits per heavy atom. The van der Waals surface area contributed by atoms with Gasteiger partial charge in [0.2, 0.25) is 5.91 Å². The minimum atomic E-state index is -1.08. The number of hydrogen-bond donors (Lipinski definition) is 1. The van der Waals surface area contributed by atoms with E-state index in [1.54, 1.807) is 0 Å². The van der Waals surface area contributed by atoms with Crippen LogP contribution in [-0.4, -0.2) is 32.6 Å².